The fraction of sp³-hybridized carbons (Fsp3) is 0.381. The van der Waals surface area contributed by atoms with Gasteiger partial charge >= 0.3 is 6.18 Å². The van der Waals surface area contributed by atoms with E-state index in [9.17, 15) is 18.0 Å². The predicted octanol–water partition coefficient (Wildman–Crippen LogP) is 4.94. The summed E-state index contributed by atoms with van der Waals surface area (Å²) >= 11 is 0. The van der Waals surface area contributed by atoms with E-state index in [0.717, 1.165) is 36.2 Å². The van der Waals surface area contributed by atoms with Crippen LogP contribution in [0.5, 0.6) is 0 Å². The zero-order valence-corrected chi connectivity index (χ0v) is 16.6. The number of hydrogen-bond donors (Lipinski definition) is 2. The largest absolute Gasteiger partial charge is 0.416 e. The first-order valence-corrected chi connectivity index (χ1v) is 9.06. The van der Waals surface area contributed by atoms with Crippen LogP contribution >= 0.6 is 0 Å². The van der Waals surface area contributed by atoms with Gasteiger partial charge in [0.15, 0.2) is 0 Å². The molecule has 1 amide bonds. The second-order valence-electron chi connectivity index (χ2n) is 7.09. The Bertz CT molecular complexity index is 832. The molecule has 2 aromatic rings. The van der Waals surface area contributed by atoms with E-state index in [-0.39, 0.29) is 5.56 Å². The number of halogens is 3. The van der Waals surface area contributed by atoms with Crippen LogP contribution in [0.25, 0.3) is 0 Å². The molecule has 0 aliphatic rings. The lowest BCUT2D eigenvalue weighted by atomic mass is 10.1. The Morgan fingerprint density at radius 3 is 2.36 bits per heavy atom. The lowest BCUT2D eigenvalue weighted by molar-refractivity contribution is -0.137. The SMILES string of the molecule is Cc1ccc(NC(=O)c2cc(C(F)(F)F)ccc2NCCCN(C)C)cc1C. The Labute approximate surface area is 163 Å². The van der Waals surface area contributed by atoms with E-state index in [0.29, 0.717) is 17.9 Å². The summed E-state index contributed by atoms with van der Waals surface area (Å²) in [6.45, 7) is 5.24. The third kappa shape index (κ3) is 5.99. The molecule has 0 spiro atoms. The maximum Gasteiger partial charge on any atom is 0.416 e. The highest BCUT2D eigenvalue weighted by Crippen LogP contribution is 2.32. The lowest BCUT2D eigenvalue weighted by Gasteiger charge is -2.16. The summed E-state index contributed by atoms with van der Waals surface area (Å²) in [7, 11) is 3.89. The van der Waals surface area contributed by atoms with Crippen molar-refractivity contribution in [3.05, 3.63) is 58.7 Å². The number of rotatable bonds is 7. The van der Waals surface area contributed by atoms with Crippen molar-refractivity contribution in [3.63, 3.8) is 0 Å². The zero-order valence-electron chi connectivity index (χ0n) is 16.6. The Kier molecular flexibility index (Phi) is 7.07. The van der Waals surface area contributed by atoms with Crippen molar-refractivity contribution >= 4 is 17.3 Å². The van der Waals surface area contributed by atoms with E-state index in [2.05, 4.69) is 10.6 Å². The summed E-state index contributed by atoms with van der Waals surface area (Å²) < 4.78 is 39.4. The number of alkyl halides is 3. The van der Waals surface area contributed by atoms with E-state index in [1.54, 1.807) is 12.1 Å². The van der Waals surface area contributed by atoms with Gasteiger partial charge in [-0.15, -0.1) is 0 Å². The van der Waals surface area contributed by atoms with Crippen LogP contribution < -0.4 is 10.6 Å². The van der Waals surface area contributed by atoms with Crippen molar-refractivity contribution in [3.8, 4) is 0 Å². The van der Waals surface area contributed by atoms with Gasteiger partial charge in [0.25, 0.3) is 5.91 Å². The van der Waals surface area contributed by atoms with Crippen LogP contribution in [0.4, 0.5) is 24.5 Å². The summed E-state index contributed by atoms with van der Waals surface area (Å²) in [5.74, 6) is -0.579. The molecule has 0 aliphatic carbocycles. The number of aryl methyl sites for hydroxylation is 2. The molecule has 152 valence electrons. The van der Waals surface area contributed by atoms with Crippen molar-refractivity contribution in [1.82, 2.24) is 4.90 Å². The van der Waals surface area contributed by atoms with Crippen molar-refractivity contribution in [2.24, 2.45) is 0 Å². The topological polar surface area (TPSA) is 44.4 Å². The third-order valence-electron chi connectivity index (χ3n) is 4.45. The minimum absolute atomic E-state index is 0.0297. The van der Waals surface area contributed by atoms with Gasteiger partial charge in [-0.3, -0.25) is 4.79 Å². The van der Waals surface area contributed by atoms with Crippen LogP contribution in [0.2, 0.25) is 0 Å². The maximum absolute atomic E-state index is 13.1. The van der Waals surface area contributed by atoms with Gasteiger partial charge in [0, 0.05) is 17.9 Å². The van der Waals surface area contributed by atoms with Gasteiger partial charge in [-0.2, -0.15) is 13.2 Å². The highest BCUT2D eigenvalue weighted by Gasteiger charge is 2.31. The number of carbonyl (C=O) groups is 1. The molecule has 0 aliphatic heterocycles. The summed E-state index contributed by atoms with van der Waals surface area (Å²) in [4.78, 5) is 14.7. The summed E-state index contributed by atoms with van der Waals surface area (Å²) in [6.07, 6.45) is -3.72. The molecule has 0 radical (unpaired) electrons. The molecule has 0 bridgehead atoms. The molecule has 0 heterocycles. The van der Waals surface area contributed by atoms with Crippen LogP contribution in [-0.4, -0.2) is 38.0 Å². The lowest BCUT2D eigenvalue weighted by Crippen LogP contribution is -2.19. The number of benzene rings is 2. The van der Waals surface area contributed by atoms with E-state index in [1.165, 1.54) is 6.07 Å². The van der Waals surface area contributed by atoms with E-state index < -0.39 is 17.6 Å². The van der Waals surface area contributed by atoms with Crippen LogP contribution in [0, 0.1) is 13.8 Å². The molecule has 0 saturated heterocycles. The second-order valence-corrected chi connectivity index (χ2v) is 7.09. The quantitative estimate of drug-likeness (QED) is 0.655. The molecule has 2 rings (SSSR count). The van der Waals surface area contributed by atoms with Crippen molar-refractivity contribution in [2.75, 3.05) is 37.8 Å². The summed E-state index contributed by atoms with van der Waals surface area (Å²) in [5.41, 5.74) is 2.11. The number of amides is 1. The third-order valence-corrected chi connectivity index (χ3v) is 4.45. The van der Waals surface area contributed by atoms with Crippen LogP contribution in [-0.2, 0) is 6.18 Å². The van der Waals surface area contributed by atoms with Gasteiger partial charge in [-0.25, -0.2) is 0 Å². The average molecular weight is 393 g/mol. The molecule has 0 unspecified atom stereocenters. The van der Waals surface area contributed by atoms with E-state index in [1.807, 2.05) is 38.9 Å². The summed E-state index contributed by atoms with van der Waals surface area (Å²) in [5, 5.41) is 5.78. The van der Waals surface area contributed by atoms with Gasteiger partial charge in [-0.05, 0) is 82.4 Å². The number of carbonyl (C=O) groups excluding carboxylic acids is 1. The Balaban J connectivity index is 2.26. The van der Waals surface area contributed by atoms with Crippen molar-refractivity contribution < 1.29 is 18.0 Å². The first kappa shape index (κ1) is 21.8. The fourth-order valence-corrected chi connectivity index (χ4v) is 2.70. The smallest absolute Gasteiger partial charge is 0.384 e. The molecule has 28 heavy (non-hydrogen) atoms. The number of hydrogen-bond acceptors (Lipinski definition) is 3. The molecule has 0 fully saturated rings. The Hall–Kier alpha value is -2.54. The average Bonchev–Trinajstić information content (AvgIpc) is 2.61. The van der Waals surface area contributed by atoms with Crippen LogP contribution in [0.3, 0.4) is 0 Å². The van der Waals surface area contributed by atoms with Gasteiger partial charge < -0.3 is 15.5 Å². The minimum Gasteiger partial charge on any atom is -0.384 e. The van der Waals surface area contributed by atoms with Gasteiger partial charge in [0.1, 0.15) is 0 Å². The standard InChI is InChI=1S/C21H26F3N3O/c1-14-6-8-17(12-15(14)2)26-20(28)18-13-16(21(22,23)24)7-9-19(18)25-10-5-11-27(3)4/h6-9,12-13,25H,5,10-11H2,1-4H3,(H,26,28). The van der Waals surface area contributed by atoms with Crippen molar-refractivity contribution in [1.29, 1.82) is 0 Å². The molecule has 7 heteroatoms. The van der Waals surface area contributed by atoms with E-state index >= 15 is 0 Å². The van der Waals surface area contributed by atoms with Gasteiger partial charge in [-0.1, -0.05) is 6.07 Å². The second kappa shape index (κ2) is 9.10. The highest BCUT2D eigenvalue weighted by molar-refractivity contribution is 6.08. The summed E-state index contributed by atoms with van der Waals surface area (Å²) in [6, 6.07) is 8.58. The molecular formula is C21H26F3N3O. The molecule has 0 aromatic heterocycles. The van der Waals surface area contributed by atoms with Gasteiger partial charge in [0.05, 0.1) is 11.1 Å². The first-order chi connectivity index (χ1) is 13.1. The monoisotopic (exact) mass is 393 g/mol. The van der Waals surface area contributed by atoms with Crippen molar-refractivity contribution in [2.45, 2.75) is 26.4 Å². The number of nitrogens with zero attached hydrogens (tertiary/aromatic N) is 1. The first-order valence-electron chi connectivity index (χ1n) is 9.06. The Morgan fingerprint density at radius 2 is 1.75 bits per heavy atom. The van der Waals surface area contributed by atoms with Gasteiger partial charge in [0.2, 0.25) is 0 Å². The van der Waals surface area contributed by atoms with E-state index in [4.69, 9.17) is 0 Å². The van der Waals surface area contributed by atoms with Crippen LogP contribution in [0.15, 0.2) is 36.4 Å². The fourth-order valence-electron chi connectivity index (χ4n) is 2.70. The highest BCUT2D eigenvalue weighted by atomic mass is 19.4. The Morgan fingerprint density at radius 1 is 1.04 bits per heavy atom. The molecular weight excluding hydrogens is 367 g/mol. The minimum atomic E-state index is -4.51. The zero-order chi connectivity index (χ0) is 20.9. The predicted molar refractivity (Wildman–Crippen MR) is 107 cm³/mol. The molecule has 2 N–H and O–H groups in total. The molecule has 2 aromatic carbocycles. The molecule has 0 atom stereocenters. The molecule has 0 saturated carbocycles. The maximum atomic E-state index is 13.1. The van der Waals surface area contributed by atoms with Crippen LogP contribution in [0.1, 0.15) is 33.5 Å². The normalized spacial score (nSPS) is 11.6. The number of nitrogens with one attached hydrogen (secondary N) is 2. The number of anilines is 2. The molecule has 4 nitrogen and oxygen atoms in total.